The number of thioether (sulfide) groups is 1. The Balaban J connectivity index is 1.23. The van der Waals surface area contributed by atoms with Crippen molar-refractivity contribution in [3.05, 3.63) is 60.4 Å². The van der Waals surface area contributed by atoms with E-state index in [1.165, 1.54) is 16.6 Å². The maximum Gasteiger partial charge on any atom is 0.222 e. The molecule has 1 saturated heterocycles. The molecule has 0 saturated carbocycles. The summed E-state index contributed by atoms with van der Waals surface area (Å²) in [6.07, 6.45) is 5.54. The number of nitrogens with one attached hydrogen (secondary N) is 1. The number of aromatic nitrogens is 2. The SMILES string of the molecule is C=CN(C(=N)SCCCC(=O)N1CCN(c2ncnc3sc(CC)cc23)CC1)c1ccccc1. The predicted octanol–water partition coefficient (Wildman–Crippen LogP) is 5.00. The van der Waals surface area contributed by atoms with Gasteiger partial charge < -0.3 is 9.80 Å². The number of anilines is 2. The molecule has 9 heteroatoms. The lowest BCUT2D eigenvalue weighted by Gasteiger charge is -2.35. The van der Waals surface area contributed by atoms with E-state index in [2.05, 4.69) is 34.4 Å². The number of piperazine rings is 1. The quantitative estimate of drug-likeness (QED) is 0.270. The molecule has 1 aliphatic heterocycles. The molecule has 0 aliphatic carbocycles. The molecule has 0 spiro atoms. The van der Waals surface area contributed by atoms with Crippen LogP contribution < -0.4 is 9.80 Å². The highest BCUT2D eigenvalue weighted by molar-refractivity contribution is 8.14. The minimum absolute atomic E-state index is 0.187. The van der Waals surface area contributed by atoms with Crippen molar-refractivity contribution in [2.45, 2.75) is 26.2 Å². The molecule has 1 fully saturated rings. The third-order valence-corrected chi connectivity index (χ3v) is 8.00. The van der Waals surface area contributed by atoms with Gasteiger partial charge in [-0.05, 0) is 31.0 Å². The van der Waals surface area contributed by atoms with E-state index >= 15 is 0 Å². The van der Waals surface area contributed by atoms with Crippen LogP contribution in [0.2, 0.25) is 0 Å². The van der Waals surface area contributed by atoms with Gasteiger partial charge in [-0.15, -0.1) is 11.3 Å². The first kappa shape index (κ1) is 24.2. The van der Waals surface area contributed by atoms with Gasteiger partial charge in [-0.25, -0.2) is 9.97 Å². The van der Waals surface area contributed by atoms with Crippen molar-refractivity contribution >= 4 is 55.9 Å². The van der Waals surface area contributed by atoms with Crippen LogP contribution in [0.3, 0.4) is 0 Å². The molecular formula is C25H30N6OS2. The van der Waals surface area contributed by atoms with E-state index in [-0.39, 0.29) is 5.91 Å². The van der Waals surface area contributed by atoms with Crippen molar-refractivity contribution in [1.82, 2.24) is 14.9 Å². The topological polar surface area (TPSA) is 76.4 Å². The van der Waals surface area contributed by atoms with Gasteiger partial charge in [-0.1, -0.05) is 43.5 Å². The fourth-order valence-corrected chi connectivity index (χ4v) is 5.73. The number of aryl methyl sites for hydroxylation is 1. The van der Waals surface area contributed by atoms with E-state index in [1.54, 1.807) is 28.8 Å². The van der Waals surface area contributed by atoms with E-state index in [9.17, 15) is 4.79 Å². The summed E-state index contributed by atoms with van der Waals surface area (Å²) in [4.78, 5) is 30.1. The van der Waals surface area contributed by atoms with Gasteiger partial charge in [0.2, 0.25) is 5.91 Å². The summed E-state index contributed by atoms with van der Waals surface area (Å²) in [6, 6.07) is 11.9. The Kier molecular flexibility index (Phi) is 8.18. The van der Waals surface area contributed by atoms with Gasteiger partial charge in [0.25, 0.3) is 0 Å². The van der Waals surface area contributed by atoms with Crippen LogP contribution >= 0.6 is 23.1 Å². The lowest BCUT2D eigenvalue weighted by Crippen LogP contribution is -2.49. The zero-order valence-electron chi connectivity index (χ0n) is 19.4. The number of nitrogens with zero attached hydrogens (tertiary/aromatic N) is 5. The van der Waals surface area contributed by atoms with Crippen molar-refractivity contribution in [3.63, 3.8) is 0 Å². The number of thiophene rings is 1. The number of carbonyl (C=O) groups excluding carboxylic acids is 1. The molecule has 1 aliphatic rings. The molecular weight excluding hydrogens is 464 g/mol. The van der Waals surface area contributed by atoms with Crippen LogP contribution in [0.4, 0.5) is 11.5 Å². The molecule has 1 amide bonds. The number of amidine groups is 1. The molecule has 0 radical (unpaired) electrons. The molecule has 0 unspecified atom stereocenters. The van der Waals surface area contributed by atoms with E-state index < -0.39 is 0 Å². The molecule has 4 rings (SSSR count). The van der Waals surface area contributed by atoms with E-state index in [4.69, 9.17) is 5.41 Å². The first-order chi connectivity index (χ1) is 16.6. The van der Waals surface area contributed by atoms with Crippen molar-refractivity contribution in [2.75, 3.05) is 41.7 Å². The zero-order valence-corrected chi connectivity index (χ0v) is 21.1. The number of amides is 1. The van der Waals surface area contributed by atoms with Crippen LogP contribution in [-0.4, -0.2) is 57.9 Å². The molecule has 2 aromatic heterocycles. The maximum atomic E-state index is 12.7. The third-order valence-electron chi connectivity index (χ3n) is 5.85. The Labute approximate surface area is 209 Å². The molecule has 3 heterocycles. The Morgan fingerprint density at radius 2 is 2.00 bits per heavy atom. The smallest absolute Gasteiger partial charge is 0.222 e. The normalized spacial score (nSPS) is 13.8. The first-order valence-corrected chi connectivity index (χ1v) is 13.3. The summed E-state index contributed by atoms with van der Waals surface area (Å²) >= 11 is 3.17. The van der Waals surface area contributed by atoms with E-state index in [1.807, 2.05) is 35.2 Å². The van der Waals surface area contributed by atoms with E-state index in [0.29, 0.717) is 24.7 Å². The predicted molar refractivity (Wildman–Crippen MR) is 144 cm³/mol. The molecule has 0 atom stereocenters. The van der Waals surface area contributed by atoms with Crippen LogP contribution in [-0.2, 0) is 11.2 Å². The number of rotatable bonds is 8. The van der Waals surface area contributed by atoms with Crippen molar-refractivity contribution < 1.29 is 4.79 Å². The van der Waals surface area contributed by atoms with Gasteiger partial charge >= 0.3 is 0 Å². The van der Waals surface area contributed by atoms with Gasteiger partial charge in [0.15, 0.2) is 5.17 Å². The second-order valence-electron chi connectivity index (χ2n) is 8.00. The minimum Gasteiger partial charge on any atom is -0.352 e. The molecule has 3 aromatic rings. The second-order valence-corrected chi connectivity index (χ2v) is 10.2. The summed E-state index contributed by atoms with van der Waals surface area (Å²) in [5.74, 6) is 1.89. The summed E-state index contributed by atoms with van der Waals surface area (Å²) in [5.41, 5.74) is 0.915. The third kappa shape index (κ3) is 5.59. The first-order valence-electron chi connectivity index (χ1n) is 11.5. The number of hydrogen-bond donors (Lipinski definition) is 1. The summed E-state index contributed by atoms with van der Waals surface area (Å²) < 4.78 is 0. The number of para-hydroxylation sites is 1. The summed E-state index contributed by atoms with van der Waals surface area (Å²) in [7, 11) is 0. The summed E-state index contributed by atoms with van der Waals surface area (Å²) in [5, 5.41) is 9.88. The molecule has 1 N–H and O–H groups in total. The van der Waals surface area contributed by atoms with Crippen molar-refractivity contribution in [2.24, 2.45) is 0 Å². The largest absolute Gasteiger partial charge is 0.352 e. The van der Waals surface area contributed by atoms with Gasteiger partial charge in [0, 0.05) is 55.1 Å². The maximum absolute atomic E-state index is 12.7. The second kappa shape index (κ2) is 11.5. The highest BCUT2D eigenvalue weighted by Gasteiger charge is 2.23. The lowest BCUT2D eigenvalue weighted by molar-refractivity contribution is -0.131. The van der Waals surface area contributed by atoms with Gasteiger partial charge in [0.05, 0.1) is 5.39 Å². The highest BCUT2D eigenvalue weighted by atomic mass is 32.2. The lowest BCUT2D eigenvalue weighted by atomic mass is 10.2. The van der Waals surface area contributed by atoms with Crippen LogP contribution in [0.25, 0.3) is 10.2 Å². The molecule has 34 heavy (non-hydrogen) atoms. The van der Waals surface area contributed by atoms with Crippen LogP contribution in [0.15, 0.2) is 55.5 Å². The number of fused-ring (bicyclic) bond motifs is 1. The Morgan fingerprint density at radius 1 is 1.24 bits per heavy atom. The molecule has 7 nitrogen and oxygen atoms in total. The minimum atomic E-state index is 0.187. The fraction of sp³-hybridized carbons (Fsp3) is 0.360. The number of benzene rings is 1. The number of hydrogen-bond acceptors (Lipinski definition) is 7. The Morgan fingerprint density at radius 3 is 2.71 bits per heavy atom. The van der Waals surface area contributed by atoms with Crippen LogP contribution in [0.1, 0.15) is 24.6 Å². The molecule has 0 bridgehead atoms. The summed E-state index contributed by atoms with van der Waals surface area (Å²) in [6.45, 7) is 8.95. The number of carbonyl (C=O) groups is 1. The van der Waals surface area contributed by atoms with Crippen molar-refractivity contribution in [1.29, 1.82) is 5.41 Å². The van der Waals surface area contributed by atoms with Gasteiger partial charge in [0.1, 0.15) is 17.0 Å². The average molecular weight is 495 g/mol. The van der Waals surface area contributed by atoms with Crippen molar-refractivity contribution in [3.8, 4) is 0 Å². The van der Waals surface area contributed by atoms with Crippen LogP contribution in [0.5, 0.6) is 0 Å². The Hall–Kier alpha value is -2.91. The standard InChI is InChI=1S/C25H30N6OS2/c1-3-20-17-21-23(27-18-28-24(21)34-20)30-14-12-29(13-15-30)22(32)11-8-16-33-25(26)31(4-2)19-9-6-5-7-10-19/h4-7,9-10,17-18,26H,2-3,8,11-16H2,1H3. The van der Waals surface area contributed by atoms with E-state index in [0.717, 1.165) is 53.4 Å². The molecule has 178 valence electrons. The monoisotopic (exact) mass is 494 g/mol. The Bertz CT molecular complexity index is 1140. The van der Waals surface area contributed by atoms with Gasteiger partial charge in [-0.3, -0.25) is 15.1 Å². The zero-order chi connectivity index (χ0) is 23.9. The van der Waals surface area contributed by atoms with Crippen LogP contribution in [0, 0.1) is 5.41 Å². The van der Waals surface area contributed by atoms with Gasteiger partial charge in [-0.2, -0.15) is 0 Å². The fourth-order valence-electron chi connectivity index (χ4n) is 4.00. The molecule has 1 aromatic carbocycles. The highest BCUT2D eigenvalue weighted by Crippen LogP contribution is 2.31. The average Bonchev–Trinajstić information content (AvgIpc) is 3.31.